The Balaban J connectivity index is 1.49. The van der Waals surface area contributed by atoms with Crippen LogP contribution in [0.5, 0.6) is 0 Å². The molecule has 0 aromatic heterocycles. The largest absolute Gasteiger partial charge is 0.455 e. The number of esters is 1. The van der Waals surface area contributed by atoms with Gasteiger partial charge in [-0.05, 0) is 24.6 Å². The minimum atomic E-state index is -0.587. The van der Waals surface area contributed by atoms with Crippen LogP contribution in [-0.4, -0.2) is 35.8 Å². The molecule has 3 rings (SSSR count). The Hall–Kier alpha value is -2.57. The molecular formula is C21H20Cl2N2O4. The van der Waals surface area contributed by atoms with Crippen LogP contribution in [0.4, 0.5) is 5.69 Å². The number of halogens is 2. The van der Waals surface area contributed by atoms with Gasteiger partial charge in [-0.2, -0.15) is 0 Å². The molecule has 0 unspecified atom stereocenters. The first-order chi connectivity index (χ1) is 13.8. The van der Waals surface area contributed by atoms with Crippen molar-refractivity contribution in [1.82, 2.24) is 4.90 Å². The van der Waals surface area contributed by atoms with Gasteiger partial charge in [0.2, 0.25) is 5.91 Å². The number of hydrogen-bond donors (Lipinski definition) is 1. The lowest BCUT2D eigenvalue weighted by Crippen LogP contribution is -2.28. The van der Waals surface area contributed by atoms with E-state index in [0.717, 1.165) is 11.1 Å². The van der Waals surface area contributed by atoms with E-state index in [1.807, 2.05) is 31.2 Å². The fourth-order valence-corrected chi connectivity index (χ4v) is 3.39. The summed E-state index contributed by atoms with van der Waals surface area (Å²) in [5.41, 5.74) is 2.47. The third kappa shape index (κ3) is 5.49. The fraction of sp³-hybridized carbons (Fsp3) is 0.286. The summed E-state index contributed by atoms with van der Waals surface area (Å²) < 4.78 is 5.09. The number of ether oxygens (including phenoxy) is 1. The van der Waals surface area contributed by atoms with E-state index >= 15 is 0 Å². The van der Waals surface area contributed by atoms with Gasteiger partial charge >= 0.3 is 5.97 Å². The number of rotatable bonds is 6. The summed E-state index contributed by atoms with van der Waals surface area (Å²) >= 11 is 11.9. The van der Waals surface area contributed by atoms with Crippen molar-refractivity contribution in [2.24, 2.45) is 5.92 Å². The minimum absolute atomic E-state index is 0.0758. The molecule has 8 heteroatoms. The van der Waals surface area contributed by atoms with Crippen LogP contribution in [0, 0.1) is 12.8 Å². The number of nitrogens with one attached hydrogen (secondary N) is 1. The van der Waals surface area contributed by atoms with Gasteiger partial charge in [-0.15, -0.1) is 0 Å². The molecular weight excluding hydrogens is 415 g/mol. The monoisotopic (exact) mass is 434 g/mol. The molecule has 29 heavy (non-hydrogen) atoms. The number of likely N-dealkylation sites (tertiary alicyclic amines) is 1. The summed E-state index contributed by atoms with van der Waals surface area (Å²) in [6, 6.07) is 12.7. The lowest BCUT2D eigenvalue weighted by molar-refractivity contribution is -0.151. The smallest absolute Gasteiger partial charge is 0.311 e. The van der Waals surface area contributed by atoms with Crippen molar-refractivity contribution in [2.75, 3.05) is 18.5 Å². The second-order valence-corrected chi connectivity index (χ2v) is 7.70. The molecule has 1 saturated heterocycles. The number of hydrogen-bond acceptors (Lipinski definition) is 4. The maximum atomic E-state index is 12.3. The van der Waals surface area contributed by atoms with Gasteiger partial charge in [-0.3, -0.25) is 14.4 Å². The topological polar surface area (TPSA) is 75.7 Å². The molecule has 6 nitrogen and oxygen atoms in total. The Bertz CT molecular complexity index is 931. The first-order valence-electron chi connectivity index (χ1n) is 9.07. The van der Waals surface area contributed by atoms with E-state index in [0.29, 0.717) is 17.3 Å². The Morgan fingerprint density at radius 3 is 2.62 bits per heavy atom. The SMILES string of the molecule is Cc1ccc(CN2C[C@@H](C(=O)OCC(=O)Nc3cccc(Cl)c3Cl)CC2=O)cc1. The zero-order valence-corrected chi connectivity index (χ0v) is 17.3. The van der Waals surface area contributed by atoms with Crippen LogP contribution in [0.3, 0.4) is 0 Å². The highest BCUT2D eigenvalue weighted by Crippen LogP contribution is 2.29. The summed E-state index contributed by atoms with van der Waals surface area (Å²) in [5.74, 6) is -1.81. The highest BCUT2D eigenvalue weighted by Gasteiger charge is 2.35. The van der Waals surface area contributed by atoms with Gasteiger partial charge in [-0.1, -0.05) is 59.1 Å². The molecule has 2 amide bonds. The highest BCUT2D eigenvalue weighted by molar-refractivity contribution is 6.44. The predicted octanol–water partition coefficient (Wildman–Crippen LogP) is 3.83. The molecule has 1 atom stereocenters. The fourth-order valence-electron chi connectivity index (χ4n) is 3.04. The predicted molar refractivity (Wildman–Crippen MR) is 111 cm³/mol. The Morgan fingerprint density at radius 1 is 1.17 bits per heavy atom. The van der Waals surface area contributed by atoms with E-state index in [4.69, 9.17) is 27.9 Å². The van der Waals surface area contributed by atoms with Gasteiger partial charge < -0.3 is 15.0 Å². The third-order valence-corrected chi connectivity index (χ3v) is 5.43. The van der Waals surface area contributed by atoms with Gasteiger partial charge in [0.1, 0.15) is 0 Å². The van der Waals surface area contributed by atoms with Gasteiger partial charge in [0.05, 0.1) is 21.7 Å². The second-order valence-electron chi connectivity index (χ2n) is 6.92. The molecule has 0 bridgehead atoms. The van der Waals surface area contributed by atoms with Gasteiger partial charge in [0.25, 0.3) is 5.91 Å². The molecule has 2 aromatic rings. The van der Waals surface area contributed by atoms with Gasteiger partial charge in [-0.25, -0.2) is 0 Å². The van der Waals surface area contributed by atoms with Gasteiger partial charge in [0, 0.05) is 19.5 Å². The summed E-state index contributed by atoms with van der Waals surface area (Å²) in [4.78, 5) is 38.2. The molecule has 0 aliphatic carbocycles. The number of aryl methyl sites for hydroxylation is 1. The molecule has 2 aromatic carbocycles. The lowest BCUT2D eigenvalue weighted by Gasteiger charge is -2.16. The average Bonchev–Trinajstić information content (AvgIpc) is 3.06. The lowest BCUT2D eigenvalue weighted by atomic mass is 10.1. The van der Waals surface area contributed by atoms with Crippen molar-refractivity contribution in [1.29, 1.82) is 0 Å². The Labute approximate surface area is 178 Å². The number of anilines is 1. The maximum absolute atomic E-state index is 12.3. The van der Waals surface area contributed by atoms with Crippen LogP contribution in [0.25, 0.3) is 0 Å². The Morgan fingerprint density at radius 2 is 1.90 bits per heavy atom. The first kappa shape index (κ1) is 21.1. The summed E-state index contributed by atoms with van der Waals surface area (Å²) in [6.45, 7) is 2.24. The van der Waals surface area contributed by atoms with Crippen molar-refractivity contribution in [2.45, 2.75) is 19.9 Å². The number of carbonyl (C=O) groups excluding carboxylic acids is 3. The van der Waals surface area contributed by atoms with Crippen molar-refractivity contribution in [3.63, 3.8) is 0 Å². The van der Waals surface area contributed by atoms with Crippen LogP contribution in [0.1, 0.15) is 17.5 Å². The van der Waals surface area contributed by atoms with Gasteiger partial charge in [0.15, 0.2) is 6.61 Å². The van der Waals surface area contributed by atoms with Crippen LogP contribution in [0.2, 0.25) is 10.0 Å². The maximum Gasteiger partial charge on any atom is 0.311 e. The van der Waals surface area contributed by atoms with E-state index < -0.39 is 24.4 Å². The molecule has 0 radical (unpaired) electrons. The first-order valence-corrected chi connectivity index (χ1v) is 9.83. The number of amides is 2. The van der Waals surface area contributed by atoms with Crippen LogP contribution in [0.15, 0.2) is 42.5 Å². The molecule has 0 saturated carbocycles. The average molecular weight is 435 g/mol. The van der Waals surface area contributed by atoms with Crippen LogP contribution in [-0.2, 0) is 25.7 Å². The molecule has 1 heterocycles. The van der Waals surface area contributed by atoms with Crippen molar-refractivity contribution < 1.29 is 19.1 Å². The number of nitrogens with zero attached hydrogens (tertiary/aromatic N) is 1. The second kappa shape index (κ2) is 9.29. The van der Waals surface area contributed by atoms with Crippen molar-refractivity contribution in [3.05, 3.63) is 63.6 Å². The molecule has 1 fully saturated rings. The number of benzene rings is 2. The summed E-state index contributed by atoms with van der Waals surface area (Å²) in [7, 11) is 0. The van der Waals surface area contributed by atoms with E-state index in [-0.39, 0.29) is 23.9 Å². The van der Waals surface area contributed by atoms with Crippen molar-refractivity contribution in [3.8, 4) is 0 Å². The highest BCUT2D eigenvalue weighted by atomic mass is 35.5. The zero-order valence-electron chi connectivity index (χ0n) is 15.8. The van der Waals surface area contributed by atoms with Crippen molar-refractivity contribution >= 4 is 46.7 Å². The number of carbonyl (C=O) groups is 3. The summed E-state index contributed by atoms with van der Waals surface area (Å²) in [5, 5.41) is 3.06. The molecule has 1 aliphatic heterocycles. The third-order valence-electron chi connectivity index (χ3n) is 4.61. The molecule has 1 N–H and O–H groups in total. The van der Waals surface area contributed by atoms with E-state index in [2.05, 4.69) is 5.32 Å². The molecule has 152 valence electrons. The Kier molecular flexibility index (Phi) is 6.77. The molecule has 1 aliphatic rings. The van der Waals surface area contributed by atoms with Crippen LogP contribution < -0.4 is 5.32 Å². The van der Waals surface area contributed by atoms with E-state index in [1.165, 1.54) is 0 Å². The molecule has 0 spiro atoms. The normalized spacial score (nSPS) is 16.0. The summed E-state index contributed by atoms with van der Waals surface area (Å²) in [6.07, 6.45) is 0.0758. The van der Waals surface area contributed by atoms with E-state index in [9.17, 15) is 14.4 Å². The minimum Gasteiger partial charge on any atom is -0.455 e. The van der Waals surface area contributed by atoms with Crippen LogP contribution >= 0.6 is 23.2 Å². The standard InChI is InChI=1S/C21H20Cl2N2O4/c1-13-5-7-14(8-6-13)10-25-11-15(9-19(25)27)21(28)29-12-18(26)24-17-4-2-3-16(22)20(17)23/h2-8,15H,9-12H2,1H3,(H,24,26)/t15-/m0/s1. The van der Waals surface area contributed by atoms with E-state index in [1.54, 1.807) is 23.1 Å². The quantitative estimate of drug-likeness (QED) is 0.700. The zero-order chi connectivity index (χ0) is 21.0.